The minimum absolute atomic E-state index is 0.540. The van der Waals surface area contributed by atoms with Crippen LogP contribution in [0.3, 0.4) is 0 Å². The Hall–Kier alpha value is -1.76. The summed E-state index contributed by atoms with van der Waals surface area (Å²) in [6.07, 6.45) is 29.0. The lowest BCUT2D eigenvalue weighted by atomic mass is 9.42. The summed E-state index contributed by atoms with van der Waals surface area (Å²) in [6.45, 7) is 6.07. The van der Waals surface area contributed by atoms with Gasteiger partial charge in [0.25, 0.3) is 0 Å². The first-order valence-electron chi connectivity index (χ1n) is 27.6. The van der Waals surface area contributed by atoms with Gasteiger partial charge in [0.05, 0.1) is 0 Å². The van der Waals surface area contributed by atoms with Crippen molar-refractivity contribution < 1.29 is 0 Å². The summed E-state index contributed by atoms with van der Waals surface area (Å²) < 4.78 is 0. The van der Waals surface area contributed by atoms with Crippen molar-refractivity contribution in [1.82, 2.24) is 0 Å². The fraction of sp³-hybridized carbons (Fsp3) is 0.797. The molecule has 27 unspecified atom stereocenters. The lowest BCUT2D eigenvalue weighted by molar-refractivity contribution is -0.146. The molecule has 0 radical (unpaired) electrons. The van der Waals surface area contributed by atoms with E-state index in [0.29, 0.717) is 5.41 Å². The molecule has 1 heteroatoms. The van der Waals surface area contributed by atoms with Gasteiger partial charge in [-0.05, 0) is 207 Å². The van der Waals surface area contributed by atoms with Gasteiger partial charge < -0.3 is 4.90 Å². The van der Waals surface area contributed by atoms with E-state index in [-0.39, 0.29) is 0 Å². The van der Waals surface area contributed by atoms with Crippen LogP contribution in [0.1, 0.15) is 122 Å². The highest BCUT2D eigenvalue weighted by Gasteiger charge is 2.88. The number of fused-ring (bicyclic) bond motifs is 1. The number of nitrogens with zero attached hydrogens (tertiary/aromatic N) is 1. The number of hydrogen-bond donors (Lipinski definition) is 0. The first kappa shape index (κ1) is 33.7. The fourth-order valence-electron chi connectivity index (χ4n) is 26.9. The molecule has 12 saturated carbocycles. The molecule has 1 spiro atoms. The quantitative estimate of drug-likeness (QED) is 0.159. The number of rotatable bonds is 11. The third-order valence-electron chi connectivity index (χ3n) is 26.4. The van der Waals surface area contributed by atoms with Crippen LogP contribution < -0.4 is 4.90 Å². The summed E-state index contributed by atoms with van der Waals surface area (Å²) in [7, 11) is 0. The van der Waals surface area contributed by atoms with Crippen molar-refractivity contribution in [3.05, 3.63) is 63.8 Å². The van der Waals surface area contributed by atoms with Crippen LogP contribution in [0, 0.1) is 160 Å². The van der Waals surface area contributed by atoms with Gasteiger partial charge in [0, 0.05) is 35.5 Å². The van der Waals surface area contributed by atoms with Crippen LogP contribution in [0.25, 0.3) is 0 Å². The molecule has 17 aliphatic rings. The monoisotopic (exact) mass is 796 g/mol. The summed E-state index contributed by atoms with van der Waals surface area (Å²) in [4.78, 5) is 3.19. The molecule has 1 saturated heterocycles. The second-order valence-corrected chi connectivity index (χ2v) is 26.9. The van der Waals surface area contributed by atoms with E-state index in [1.165, 1.54) is 101 Å². The van der Waals surface area contributed by atoms with Crippen LogP contribution in [0.15, 0.2) is 58.2 Å². The molecule has 0 amide bonds. The number of aryl methyl sites for hydroxylation is 1. The van der Waals surface area contributed by atoms with Gasteiger partial charge in [-0.25, -0.2) is 0 Å². The summed E-state index contributed by atoms with van der Waals surface area (Å²) in [5.41, 5.74) is 14.5. The number of benzene rings is 1. The molecule has 60 heavy (non-hydrogen) atoms. The Morgan fingerprint density at radius 2 is 1.30 bits per heavy atom. The van der Waals surface area contributed by atoms with Crippen LogP contribution in [0.2, 0.25) is 0 Å². The van der Waals surface area contributed by atoms with E-state index in [1.807, 2.05) is 0 Å². The maximum Gasteiger partial charge on any atom is 0.0369 e. The van der Waals surface area contributed by atoms with Crippen molar-refractivity contribution in [1.29, 1.82) is 0 Å². The van der Waals surface area contributed by atoms with Crippen LogP contribution in [-0.4, -0.2) is 12.6 Å². The van der Waals surface area contributed by atoms with E-state index in [4.69, 9.17) is 0 Å². The minimum Gasteiger partial charge on any atom is -0.367 e. The zero-order valence-electron chi connectivity index (χ0n) is 37.1. The molecule has 0 N–H and O–H groups in total. The first-order valence-corrected chi connectivity index (χ1v) is 27.6. The Kier molecular flexibility index (Phi) is 6.09. The lowest BCUT2D eigenvalue weighted by Crippen LogP contribution is -2.60. The Balaban J connectivity index is 0.837. The third kappa shape index (κ3) is 3.35. The van der Waals surface area contributed by atoms with Crippen molar-refractivity contribution in [3.63, 3.8) is 0 Å². The van der Waals surface area contributed by atoms with Crippen molar-refractivity contribution in [2.45, 2.75) is 129 Å². The van der Waals surface area contributed by atoms with Gasteiger partial charge in [-0.2, -0.15) is 0 Å². The van der Waals surface area contributed by atoms with Gasteiger partial charge in [0.2, 0.25) is 0 Å². The molecule has 314 valence electrons. The molecule has 1 aromatic rings. The molecule has 18 rings (SSSR count). The smallest absolute Gasteiger partial charge is 0.0369 e. The van der Waals surface area contributed by atoms with Gasteiger partial charge in [-0.1, -0.05) is 116 Å². The van der Waals surface area contributed by atoms with Gasteiger partial charge in [-0.15, -0.1) is 0 Å². The molecule has 27 atom stereocenters. The molecular formula is C59H73N. The third-order valence-corrected chi connectivity index (χ3v) is 26.4. The molecule has 13 fully saturated rings. The number of unbranched alkanes of at least 4 members (excludes halogenated alkanes) is 8. The topological polar surface area (TPSA) is 3.24 Å². The van der Waals surface area contributed by atoms with Gasteiger partial charge in [0.15, 0.2) is 0 Å². The summed E-state index contributed by atoms with van der Waals surface area (Å²) in [5.74, 6) is 26.9. The van der Waals surface area contributed by atoms with Crippen LogP contribution in [-0.2, 0) is 0 Å². The molecule has 0 bridgehead atoms. The summed E-state index contributed by atoms with van der Waals surface area (Å²) >= 11 is 0. The Morgan fingerprint density at radius 1 is 0.600 bits per heavy atom. The highest BCUT2D eigenvalue weighted by atomic mass is 15.2. The Bertz CT molecular complexity index is 2240. The number of anilines is 1. The first-order chi connectivity index (χ1) is 29.7. The molecule has 0 aromatic heterocycles. The average molecular weight is 796 g/mol. The summed E-state index contributed by atoms with van der Waals surface area (Å²) in [6, 6.07) is 10.9. The largest absolute Gasteiger partial charge is 0.367 e. The molecule has 1 aliphatic heterocycles. The fourth-order valence-corrected chi connectivity index (χ4v) is 26.9. The molecule has 16 aliphatic carbocycles. The molecular weight excluding hydrogens is 723 g/mol. The second kappa shape index (κ2) is 10.8. The molecule has 1 heterocycles. The van der Waals surface area contributed by atoms with E-state index >= 15 is 0 Å². The van der Waals surface area contributed by atoms with Gasteiger partial charge in [0.1, 0.15) is 0 Å². The van der Waals surface area contributed by atoms with E-state index in [0.717, 1.165) is 148 Å². The predicted octanol–water partition coefficient (Wildman–Crippen LogP) is 13.0. The van der Waals surface area contributed by atoms with E-state index < -0.39 is 0 Å². The maximum absolute atomic E-state index is 3.19. The molecule has 1 aromatic carbocycles. The van der Waals surface area contributed by atoms with Crippen LogP contribution >= 0.6 is 0 Å². The van der Waals surface area contributed by atoms with Crippen molar-refractivity contribution in [3.8, 4) is 0 Å². The summed E-state index contributed by atoms with van der Waals surface area (Å²) in [5, 5.41) is 0. The zero-order valence-corrected chi connectivity index (χ0v) is 37.1. The van der Waals surface area contributed by atoms with Crippen molar-refractivity contribution >= 4 is 5.69 Å². The highest BCUT2D eigenvalue weighted by molar-refractivity contribution is 5.60. The van der Waals surface area contributed by atoms with E-state index in [2.05, 4.69) is 77.0 Å². The van der Waals surface area contributed by atoms with Gasteiger partial charge in [-0.3, -0.25) is 0 Å². The second-order valence-electron chi connectivity index (χ2n) is 26.9. The average Bonchev–Trinajstić information content (AvgIpc) is 4.11. The standard InChI is InChI=1S/C59H73N/c1-3-4-5-6-7-8-9-10-11-12-37-59-24-33-22-31-20-28-17-27-18-30-19-29-21-32-23-35(36(59)25-60(37)34-15-13-26(2)14-16-34)45-50-41(32)40(29)47-42(30)46-38(27)39(28)48-43(31)49-44(33)58(59)57(45)56-54(49)52(48)51(46)53(47)55(50)56/h13-16,18,27-29,31,33,36-40,42-44,46-58H,3-12,17,19-25H2,1-2H3. The number of allylic oxidation sites excluding steroid dienone is 5. The zero-order chi connectivity index (χ0) is 38.4. The van der Waals surface area contributed by atoms with E-state index in [9.17, 15) is 0 Å². The van der Waals surface area contributed by atoms with Crippen LogP contribution in [0.5, 0.6) is 0 Å². The SMILES string of the molecule is CCCCCCCCCCCC1N(c2ccc(C)cc2)CC2C3=C4C5C6=C(C3)CC3CC7=CC8CC9CC%10CC%11CC21C1C4C2C5C4C(C63)C7C3C8C9C5C%10C(C2C5C34)C%111. The molecule has 1 nitrogen and oxygen atoms in total. The minimum atomic E-state index is 0.540. The Labute approximate surface area is 361 Å². The van der Waals surface area contributed by atoms with E-state index in [1.54, 1.807) is 31.4 Å². The lowest BCUT2D eigenvalue weighted by Gasteiger charge is -2.62. The number of hydrogen-bond acceptors (Lipinski definition) is 1. The maximum atomic E-state index is 3.19. The van der Waals surface area contributed by atoms with Crippen molar-refractivity contribution in [2.24, 2.45) is 153 Å². The van der Waals surface area contributed by atoms with Crippen molar-refractivity contribution in [2.75, 3.05) is 11.4 Å². The predicted molar refractivity (Wildman–Crippen MR) is 238 cm³/mol. The normalized spacial score (nSPS) is 60.3. The van der Waals surface area contributed by atoms with Gasteiger partial charge >= 0.3 is 0 Å². The highest BCUT2D eigenvalue weighted by Crippen LogP contribution is 2.92. The Morgan fingerprint density at radius 3 is 2.15 bits per heavy atom. The van der Waals surface area contributed by atoms with Crippen LogP contribution in [0.4, 0.5) is 5.69 Å².